The van der Waals surface area contributed by atoms with Crippen LogP contribution in [0.4, 0.5) is 0 Å². The number of amides is 1. The van der Waals surface area contributed by atoms with Crippen molar-refractivity contribution in [2.45, 2.75) is 40.0 Å². The summed E-state index contributed by atoms with van der Waals surface area (Å²) in [7, 11) is 0. The molecule has 76 valence electrons. The first-order chi connectivity index (χ1) is 6.11. The molecule has 1 atom stereocenters. The van der Waals surface area contributed by atoms with E-state index in [-0.39, 0.29) is 5.92 Å². The van der Waals surface area contributed by atoms with Gasteiger partial charge in [-0.3, -0.25) is 4.79 Å². The summed E-state index contributed by atoms with van der Waals surface area (Å²) in [6.45, 7) is 8.15. The molecule has 1 aliphatic rings. The molecule has 13 heavy (non-hydrogen) atoms. The summed E-state index contributed by atoms with van der Waals surface area (Å²) in [5, 5.41) is 0. The summed E-state index contributed by atoms with van der Waals surface area (Å²) in [5.74, 6) is 1.17. The van der Waals surface area contributed by atoms with E-state index in [1.54, 1.807) is 0 Å². The van der Waals surface area contributed by atoms with Crippen LogP contribution in [0.2, 0.25) is 0 Å². The summed E-state index contributed by atoms with van der Waals surface area (Å²) in [5.41, 5.74) is 0. The third-order valence-electron chi connectivity index (χ3n) is 2.71. The molecule has 0 radical (unpaired) electrons. The Labute approximate surface area is 81.3 Å². The lowest BCUT2D eigenvalue weighted by molar-refractivity contribution is -0.134. The van der Waals surface area contributed by atoms with Gasteiger partial charge in [0.1, 0.15) is 0 Å². The quantitative estimate of drug-likeness (QED) is 0.611. The van der Waals surface area contributed by atoms with Crippen LogP contribution < -0.4 is 0 Å². The van der Waals surface area contributed by atoms with Crippen molar-refractivity contribution in [1.82, 2.24) is 4.90 Å². The van der Waals surface area contributed by atoms with Crippen LogP contribution in [0.5, 0.6) is 0 Å². The fourth-order valence-electron chi connectivity index (χ4n) is 1.92. The van der Waals surface area contributed by atoms with E-state index < -0.39 is 0 Å². The average molecular weight is 183 g/mol. The average Bonchev–Trinajstić information content (AvgIpc) is 2.28. The summed E-state index contributed by atoms with van der Waals surface area (Å²) in [6.07, 6.45) is 3.74. The third kappa shape index (κ3) is 3.02. The minimum atomic E-state index is 0.158. The van der Waals surface area contributed by atoms with E-state index in [2.05, 4.69) is 6.92 Å². The lowest BCUT2D eigenvalue weighted by Gasteiger charge is -2.24. The zero-order valence-electron chi connectivity index (χ0n) is 9.05. The van der Waals surface area contributed by atoms with Crippen LogP contribution in [-0.2, 0) is 4.79 Å². The van der Waals surface area contributed by atoms with Crippen molar-refractivity contribution < 1.29 is 4.79 Å². The molecule has 0 saturated carbocycles. The molecular formula is C11H21NO. The highest BCUT2D eigenvalue weighted by atomic mass is 16.2. The van der Waals surface area contributed by atoms with Crippen LogP contribution in [0.15, 0.2) is 0 Å². The third-order valence-corrected chi connectivity index (χ3v) is 2.71. The Kier molecular flexibility index (Phi) is 3.76. The van der Waals surface area contributed by atoms with Crippen molar-refractivity contribution in [1.29, 1.82) is 0 Å². The van der Waals surface area contributed by atoms with Crippen LogP contribution in [0, 0.1) is 11.8 Å². The van der Waals surface area contributed by atoms with Gasteiger partial charge in [-0.15, -0.1) is 0 Å². The number of hydrogen-bond donors (Lipinski definition) is 0. The first-order valence-corrected chi connectivity index (χ1v) is 5.40. The number of carbonyl (C=O) groups is 1. The number of rotatable bonds is 1. The molecule has 0 spiro atoms. The molecule has 1 heterocycles. The summed E-state index contributed by atoms with van der Waals surface area (Å²) < 4.78 is 0. The smallest absolute Gasteiger partial charge is 0.225 e. The molecule has 0 N–H and O–H groups in total. The second-order valence-corrected chi connectivity index (χ2v) is 4.54. The Morgan fingerprint density at radius 2 is 2.08 bits per heavy atom. The topological polar surface area (TPSA) is 20.3 Å². The highest BCUT2D eigenvalue weighted by Crippen LogP contribution is 2.17. The fraction of sp³-hybridized carbons (Fsp3) is 0.909. The maximum atomic E-state index is 11.7. The molecule has 1 aliphatic heterocycles. The maximum absolute atomic E-state index is 11.7. The number of carbonyl (C=O) groups excluding carboxylic acids is 1. The van der Waals surface area contributed by atoms with Gasteiger partial charge >= 0.3 is 0 Å². The number of nitrogens with zero attached hydrogens (tertiary/aromatic N) is 1. The normalized spacial score (nSPS) is 24.6. The SMILES string of the molecule is CC1CCCCN(C(=O)C(C)C)C1. The van der Waals surface area contributed by atoms with Gasteiger partial charge in [-0.05, 0) is 18.8 Å². The number of likely N-dealkylation sites (tertiary alicyclic amines) is 1. The molecule has 0 aromatic heterocycles. The predicted octanol–water partition coefficient (Wildman–Crippen LogP) is 2.29. The molecule has 1 fully saturated rings. The molecule has 0 bridgehead atoms. The van der Waals surface area contributed by atoms with E-state index in [0.29, 0.717) is 11.8 Å². The predicted molar refractivity (Wildman–Crippen MR) is 54.4 cm³/mol. The van der Waals surface area contributed by atoms with Crippen LogP contribution in [0.25, 0.3) is 0 Å². The van der Waals surface area contributed by atoms with Crippen molar-refractivity contribution in [3.63, 3.8) is 0 Å². The van der Waals surface area contributed by atoms with E-state index in [4.69, 9.17) is 0 Å². The summed E-state index contributed by atoms with van der Waals surface area (Å²) in [6, 6.07) is 0. The van der Waals surface area contributed by atoms with Gasteiger partial charge in [0.05, 0.1) is 0 Å². The summed E-state index contributed by atoms with van der Waals surface area (Å²) in [4.78, 5) is 13.8. The van der Waals surface area contributed by atoms with Crippen molar-refractivity contribution in [2.75, 3.05) is 13.1 Å². The Balaban J connectivity index is 2.52. The van der Waals surface area contributed by atoms with E-state index >= 15 is 0 Å². The van der Waals surface area contributed by atoms with Gasteiger partial charge in [0.15, 0.2) is 0 Å². The van der Waals surface area contributed by atoms with E-state index in [1.165, 1.54) is 19.3 Å². The largest absolute Gasteiger partial charge is 0.342 e. The van der Waals surface area contributed by atoms with Gasteiger partial charge in [-0.2, -0.15) is 0 Å². The molecule has 0 aromatic carbocycles. The van der Waals surface area contributed by atoms with Crippen LogP contribution in [-0.4, -0.2) is 23.9 Å². The van der Waals surface area contributed by atoms with Crippen molar-refractivity contribution in [2.24, 2.45) is 11.8 Å². The van der Waals surface area contributed by atoms with Crippen molar-refractivity contribution >= 4 is 5.91 Å². The minimum absolute atomic E-state index is 0.158. The molecule has 2 heteroatoms. The molecule has 1 unspecified atom stereocenters. The minimum Gasteiger partial charge on any atom is -0.342 e. The molecule has 1 rings (SSSR count). The van der Waals surface area contributed by atoms with E-state index in [0.717, 1.165) is 13.1 Å². The van der Waals surface area contributed by atoms with E-state index in [9.17, 15) is 4.79 Å². The van der Waals surface area contributed by atoms with Crippen LogP contribution >= 0.6 is 0 Å². The zero-order valence-corrected chi connectivity index (χ0v) is 9.05. The number of hydrogen-bond acceptors (Lipinski definition) is 1. The molecule has 2 nitrogen and oxygen atoms in total. The molecule has 1 saturated heterocycles. The van der Waals surface area contributed by atoms with Gasteiger partial charge in [0, 0.05) is 19.0 Å². The molecule has 0 aliphatic carbocycles. The van der Waals surface area contributed by atoms with Gasteiger partial charge in [0.2, 0.25) is 5.91 Å². The van der Waals surface area contributed by atoms with Crippen LogP contribution in [0.1, 0.15) is 40.0 Å². The highest BCUT2D eigenvalue weighted by molar-refractivity contribution is 5.78. The van der Waals surface area contributed by atoms with Gasteiger partial charge in [-0.1, -0.05) is 27.2 Å². The van der Waals surface area contributed by atoms with E-state index in [1.807, 2.05) is 18.7 Å². The molecule has 1 amide bonds. The lowest BCUT2D eigenvalue weighted by atomic mass is 10.1. The van der Waals surface area contributed by atoms with Gasteiger partial charge in [-0.25, -0.2) is 0 Å². The summed E-state index contributed by atoms with van der Waals surface area (Å²) >= 11 is 0. The second-order valence-electron chi connectivity index (χ2n) is 4.54. The Bertz CT molecular complexity index is 177. The van der Waals surface area contributed by atoms with Gasteiger partial charge in [0.25, 0.3) is 0 Å². The Morgan fingerprint density at radius 1 is 1.38 bits per heavy atom. The standard InChI is InChI=1S/C11H21NO/c1-9(2)11(13)12-7-5-4-6-10(3)8-12/h9-10H,4-8H2,1-3H3. The molecule has 0 aromatic rings. The second kappa shape index (κ2) is 4.64. The Morgan fingerprint density at radius 3 is 2.69 bits per heavy atom. The van der Waals surface area contributed by atoms with Crippen LogP contribution in [0.3, 0.4) is 0 Å². The highest BCUT2D eigenvalue weighted by Gasteiger charge is 2.20. The first kappa shape index (κ1) is 10.6. The first-order valence-electron chi connectivity index (χ1n) is 5.40. The Hall–Kier alpha value is -0.530. The van der Waals surface area contributed by atoms with Crippen molar-refractivity contribution in [3.05, 3.63) is 0 Å². The monoisotopic (exact) mass is 183 g/mol. The fourth-order valence-corrected chi connectivity index (χ4v) is 1.92. The lowest BCUT2D eigenvalue weighted by Crippen LogP contribution is -2.36. The van der Waals surface area contributed by atoms with Crippen molar-refractivity contribution in [3.8, 4) is 0 Å². The zero-order chi connectivity index (χ0) is 9.84. The maximum Gasteiger partial charge on any atom is 0.225 e. The molecular weight excluding hydrogens is 162 g/mol. The van der Waals surface area contributed by atoms with Gasteiger partial charge < -0.3 is 4.90 Å².